The second-order valence-corrected chi connectivity index (χ2v) is 4.93. The van der Waals surface area contributed by atoms with Crippen molar-refractivity contribution in [3.63, 3.8) is 0 Å². The van der Waals surface area contributed by atoms with Crippen molar-refractivity contribution in [1.29, 1.82) is 0 Å². The highest BCUT2D eigenvalue weighted by atomic mass is 19.4. The van der Waals surface area contributed by atoms with Gasteiger partial charge in [-0.05, 0) is 25.3 Å². The van der Waals surface area contributed by atoms with E-state index in [2.05, 4.69) is 5.32 Å². The number of carbonyl (C=O) groups is 1. The van der Waals surface area contributed by atoms with Crippen molar-refractivity contribution in [1.82, 2.24) is 5.32 Å². The fraction of sp³-hybridized carbons (Fsp3) is 0.917. The third-order valence-corrected chi connectivity index (χ3v) is 3.48. The summed E-state index contributed by atoms with van der Waals surface area (Å²) in [5.74, 6) is -3.40. The molecule has 0 aromatic carbocycles. The predicted molar refractivity (Wildman–Crippen MR) is 61.2 cm³/mol. The molecule has 1 aliphatic rings. The molecule has 0 heterocycles. The number of halogens is 3. The first-order chi connectivity index (χ1) is 8.41. The molecule has 1 atom stereocenters. The van der Waals surface area contributed by atoms with Crippen molar-refractivity contribution in [2.45, 2.75) is 44.7 Å². The summed E-state index contributed by atoms with van der Waals surface area (Å²) in [5.41, 5.74) is 0. The van der Waals surface area contributed by atoms with Crippen LogP contribution in [0.25, 0.3) is 0 Å². The number of aliphatic carboxylic acids is 1. The molecule has 6 heteroatoms. The molecule has 1 saturated carbocycles. The fourth-order valence-corrected chi connectivity index (χ4v) is 2.40. The molecule has 0 bridgehead atoms. The van der Waals surface area contributed by atoms with E-state index in [1.807, 2.05) is 0 Å². The Kier molecular flexibility index (Phi) is 5.91. The van der Waals surface area contributed by atoms with Crippen LogP contribution in [0.4, 0.5) is 13.2 Å². The molecule has 0 aromatic rings. The van der Waals surface area contributed by atoms with Gasteiger partial charge < -0.3 is 10.4 Å². The van der Waals surface area contributed by atoms with E-state index in [4.69, 9.17) is 5.11 Å². The normalized spacial score (nSPS) is 19.1. The number of hydrogen-bond acceptors (Lipinski definition) is 2. The molecule has 0 spiro atoms. The summed E-state index contributed by atoms with van der Waals surface area (Å²) in [5, 5.41) is 11.1. The van der Waals surface area contributed by atoms with Crippen LogP contribution < -0.4 is 5.32 Å². The molecule has 1 fully saturated rings. The van der Waals surface area contributed by atoms with Gasteiger partial charge in [0.15, 0.2) is 5.92 Å². The van der Waals surface area contributed by atoms with Crippen molar-refractivity contribution in [3.8, 4) is 0 Å². The van der Waals surface area contributed by atoms with Crippen molar-refractivity contribution in [3.05, 3.63) is 0 Å². The topological polar surface area (TPSA) is 49.3 Å². The summed E-state index contributed by atoms with van der Waals surface area (Å²) in [4.78, 5) is 10.5. The lowest BCUT2D eigenvalue weighted by molar-refractivity contribution is -0.192. The summed E-state index contributed by atoms with van der Waals surface area (Å²) in [6, 6.07) is 0. The molecular weight excluding hydrogens is 247 g/mol. The van der Waals surface area contributed by atoms with E-state index in [9.17, 15) is 18.0 Å². The molecule has 0 amide bonds. The smallest absolute Gasteiger partial charge is 0.403 e. The largest absolute Gasteiger partial charge is 0.481 e. The Labute approximate surface area is 105 Å². The average Bonchev–Trinajstić information content (AvgIpc) is 2.73. The van der Waals surface area contributed by atoms with Crippen molar-refractivity contribution < 1.29 is 23.1 Å². The van der Waals surface area contributed by atoms with E-state index in [1.54, 1.807) is 0 Å². The minimum Gasteiger partial charge on any atom is -0.481 e. The van der Waals surface area contributed by atoms with Crippen molar-refractivity contribution >= 4 is 5.97 Å². The van der Waals surface area contributed by atoms with E-state index in [-0.39, 0.29) is 0 Å². The summed E-state index contributed by atoms with van der Waals surface area (Å²) in [7, 11) is 0. The standard InChI is InChI=1S/C12H20F3NO2/c13-12(14,15)10(11(17)18)8-16-7-3-6-9-4-1-2-5-9/h9-10,16H,1-8H2,(H,17,18). The highest BCUT2D eigenvalue weighted by molar-refractivity contribution is 5.71. The van der Waals surface area contributed by atoms with Gasteiger partial charge in [0.1, 0.15) is 0 Å². The Hall–Kier alpha value is -0.780. The average molecular weight is 267 g/mol. The lowest BCUT2D eigenvalue weighted by Crippen LogP contribution is -2.39. The van der Waals surface area contributed by atoms with Gasteiger partial charge in [0.25, 0.3) is 0 Å². The zero-order chi connectivity index (χ0) is 13.6. The molecule has 0 aromatic heterocycles. The van der Waals surface area contributed by atoms with Gasteiger partial charge in [0.05, 0.1) is 0 Å². The minimum atomic E-state index is -4.68. The van der Waals surface area contributed by atoms with E-state index in [1.165, 1.54) is 25.7 Å². The SMILES string of the molecule is O=C(O)C(CNCCCC1CCCC1)C(F)(F)F. The maximum atomic E-state index is 12.3. The monoisotopic (exact) mass is 267 g/mol. The van der Waals surface area contributed by atoms with Crippen LogP contribution >= 0.6 is 0 Å². The van der Waals surface area contributed by atoms with Gasteiger partial charge in [-0.25, -0.2) is 0 Å². The van der Waals surface area contributed by atoms with Gasteiger partial charge in [0, 0.05) is 6.54 Å². The highest BCUT2D eigenvalue weighted by Gasteiger charge is 2.44. The quantitative estimate of drug-likeness (QED) is 0.697. The Morgan fingerprint density at radius 2 is 1.94 bits per heavy atom. The van der Waals surface area contributed by atoms with Gasteiger partial charge in [-0.3, -0.25) is 4.79 Å². The number of nitrogens with one attached hydrogen (secondary N) is 1. The Morgan fingerprint density at radius 1 is 1.33 bits per heavy atom. The number of alkyl halides is 3. The fourth-order valence-electron chi connectivity index (χ4n) is 2.40. The van der Waals surface area contributed by atoms with Crippen LogP contribution in [0.3, 0.4) is 0 Å². The first kappa shape index (κ1) is 15.3. The Balaban J connectivity index is 2.13. The van der Waals surface area contributed by atoms with Crippen LogP contribution in [-0.2, 0) is 4.79 Å². The first-order valence-corrected chi connectivity index (χ1v) is 6.41. The second kappa shape index (κ2) is 6.97. The Bertz CT molecular complexity index is 263. The third kappa shape index (κ3) is 5.25. The lowest BCUT2D eigenvalue weighted by atomic mass is 10.0. The van der Waals surface area contributed by atoms with Crippen LogP contribution in [0.15, 0.2) is 0 Å². The van der Waals surface area contributed by atoms with Gasteiger partial charge in [-0.2, -0.15) is 13.2 Å². The van der Waals surface area contributed by atoms with Gasteiger partial charge in [-0.1, -0.05) is 25.7 Å². The van der Waals surface area contributed by atoms with Crippen molar-refractivity contribution in [2.24, 2.45) is 11.8 Å². The number of rotatable bonds is 7. The van der Waals surface area contributed by atoms with E-state index in [0.717, 1.165) is 12.8 Å². The summed E-state index contributed by atoms with van der Waals surface area (Å²) in [6.45, 7) is -0.0835. The van der Waals surface area contributed by atoms with Gasteiger partial charge in [0.2, 0.25) is 0 Å². The molecule has 1 unspecified atom stereocenters. The molecule has 1 rings (SSSR count). The van der Waals surface area contributed by atoms with E-state index in [0.29, 0.717) is 12.5 Å². The van der Waals surface area contributed by atoms with E-state index >= 15 is 0 Å². The van der Waals surface area contributed by atoms with Crippen LogP contribution in [0.1, 0.15) is 38.5 Å². The molecule has 1 aliphatic carbocycles. The molecule has 18 heavy (non-hydrogen) atoms. The molecule has 106 valence electrons. The molecular formula is C12H20F3NO2. The van der Waals surface area contributed by atoms with Gasteiger partial charge in [-0.15, -0.1) is 0 Å². The molecule has 0 saturated heterocycles. The minimum absolute atomic E-state index is 0.455. The predicted octanol–water partition coefficient (Wildman–Crippen LogP) is 2.81. The maximum absolute atomic E-state index is 12.3. The van der Waals surface area contributed by atoms with Gasteiger partial charge >= 0.3 is 12.1 Å². The molecule has 0 aliphatic heterocycles. The lowest BCUT2D eigenvalue weighted by Gasteiger charge is -2.16. The molecule has 3 nitrogen and oxygen atoms in total. The zero-order valence-corrected chi connectivity index (χ0v) is 10.3. The third-order valence-electron chi connectivity index (χ3n) is 3.48. The molecule has 0 radical (unpaired) electrons. The summed E-state index contributed by atoms with van der Waals surface area (Å²) in [6.07, 6.45) is 2.12. The summed E-state index contributed by atoms with van der Waals surface area (Å²) >= 11 is 0. The second-order valence-electron chi connectivity index (χ2n) is 4.93. The van der Waals surface area contributed by atoms with Crippen LogP contribution in [0, 0.1) is 11.8 Å². The number of carboxylic acids is 1. The molecule has 2 N–H and O–H groups in total. The number of hydrogen-bond donors (Lipinski definition) is 2. The van der Waals surface area contributed by atoms with Crippen LogP contribution in [0.2, 0.25) is 0 Å². The highest BCUT2D eigenvalue weighted by Crippen LogP contribution is 2.28. The maximum Gasteiger partial charge on any atom is 0.403 e. The van der Waals surface area contributed by atoms with Crippen LogP contribution in [-0.4, -0.2) is 30.3 Å². The summed E-state index contributed by atoms with van der Waals surface area (Å²) < 4.78 is 36.9. The first-order valence-electron chi connectivity index (χ1n) is 6.41. The van der Waals surface area contributed by atoms with E-state index < -0.39 is 24.6 Å². The van der Waals surface area contributed by atoms with Crippen LogP contribution in [0.5, 0.6) is 0 Å². The zero-order valence-electron chi connectivity index (χ0n) is 10.3. The van der Waals surface area contributed by atoms with Crippen molar-refractivity contribution in [2.75, 3.05) is 13.1 Å². The number of carboxylic acid groups (broad SMARTS) is 1. The Morgan fingerprint density at radius 3 is 2.44 bits per heavy atom.